The van der Waals surface area contributed by atoms with Gasteiger partial charge in [0.05, 0.1) is 42.7 Å². The summed E-state index contributed by atoms with van der Waals surface area (Å²) in [6.45, 7) is 4.67. The van der Waals surface area contributed by atoms with Crippen LogP contribution in [0, 0.1) is 11.8 Å². The minimum absolute atomic E-state index is 0.0188. The molecule has 266 valence electrons. The van der Waals surface area contributed by atoms with E-state index in [9.17, 15) is 23.1 Å². The van der Waals surface area contributed by atoms with Crippen molar-refractivity contribution < 1.29 is 37.3 Å². The number of hydrogen-bond donors (Lipinski definition) is 3. The van der Waals surface area contributed by atoms with Crippen molar-refractivity contribution in [2.45, 2.75) is 68.6 Å². The molecule has 2 fully saturated rings. The SMILES string of the molecule is CC(C)CN(CC(O)C(Cc1ccccc1)NC(=O)OC1COC2OCCC12)S(=O)(=O)c1ccc2c(c1)C(C=NCc1ccncc1)C(=O)N2. The molecule has 3 N–H and O–H groups in total. The Morgan fingerprint density at radius 2 is 1.90 bits per heavy atom. The first-order valence-electron chi connectivity index (χ1n) is 16.8. The number of ether oxygens (including phenoxy) is 3. The van der Waals surface area contributed by atoms with Crippen molar-refractivity contribution in [3.63, 3.8) is 0 Å². The van der Waals surface area contributed by atoms with Crippen LogP contribution in [0.2, 0.25) is 0 Å². The summed E-state index contributed by atoms with van der Waals surface area (Å²) in [6, 6.07) is 16.6. The molecule has 14 heteroatoms. The lowest BCUT2D eigenvalue weighted by Gasteiger charge is -2.31. The molecule has 6 unspecified atom stereocenters. The van der Waals surface area contributed by atoms with Gasteiger partial charge < -0.3 is 30.0 Å². The van der Waals surface area contributed by atoms with Gasteiger partial charge in [-0.2, -0.15) is 4.31 Å². The van der Waals surface area contributed by atoms with Gasteiger partial charge in [-0.25, -0.2) is 13.2 Å². The number of fused-ring (bicyclic) bond motifs is 2. The van der Waals surface area contributed by atoms with Crippen LogP contribution >= 0.6 is 0 Å². The summed E-state index contributed by atoms with van der Waals surface area (Å²) in [6.07, 6.45) is 2.90. The molecule has 3 aromatic rings. The number of pyridine rings is 1. The monoisotopic (exact) mass is 705 g/mol. The van der Waals surface area contributed by atoms with Gasteiger partial charge in [0.1, 0.15) is 12.0 Å². The minimum Gasteiger partial charge on any atom is -0.443 e. The molecule has 6 rings (SSSR count). The number of sulfonamides is 1. The molecule has 50 heavy (non-hydrogen) atoms. The van der Waals surface area contributed by atoms with E-state index in [-0.39, 0.29) is 48.8 Å². The smallest absolute Gasteiger partial charge is 0.407 e. The zero-order valence-corrected chi connectivity index (χ0v) is 28.9. The number of hydrogen-bond acceptors (Lipinski definition) is 10. The maximum atomic E-state index is 14.3. The van der Waals surface area contributed by atoms with E-state index in [1.807, 2.05) is 56.3 Å². The van der Waals surface area contributed by atoms with Crippen LogP contribution in [0.4, 0.5) is 10.5 Å². The summed E-state index contributed by atoms with van der Waals surface area (Å²) in [7, 11) is -4.17. The number of nitrogens with one attached hydrogen (secondary N) is 2. The molecule has 0 saturated carbocycles. The Bertz CT molecular complexity index is 1780. The maximum Gasteiger partial charge on any atom is 0.407 e. The lowest BCUT2D eigenvalue weighted by molar-refractivity contribution is -0.115. The Morgan fingerprint density at radius 1 is 1.12 bits per heavy atom. The fourth-order valence-corrected chi connectivity index (χ4v) is 8.17. The molecule has 0 aliphatic carbocycles. The standard InChI is InChI=1S/C36H43N5O8S/c1-23(2)20-41(50(45,46)26-8-9-30-28(17-26)29(34(43)39-30)19-38-18-25-10-13-37-14-11-25)21-32(42)31(16-24-6-4-3-5-7-24)40-36(44)49-33-22-48-35-27(33)12-15-47-35/h3-11,13-14,17,19,23,27,29,31-33,35,42H,12,15-16,18,20-22H2,1-2H3,(H,39,43)(H,40,44). The third-order valence-corrected chi connectivity index (χ3v) is 10.9. The topological polar surface area (TPSA) is 169 Å². The van der Waals surface area contributed by atoms with Gasteiger partial charge in [0.2, 0.25) is 15.9 Å². The van der Waals surface area contributed by atoms with Gasteiger partial charge in [-0.05, 0) is 65.8 Å². The average molecular weight is 706 g/mol. The number of aliphatic hydroxyl groups is 1. The van der Waals surface area contributed by atoms with Gasteiger partial charge in [-0.3, -0.25) is 14.8 Å². The van der Waals surface area contributed by atoms with Crippen molar-refractivity contribution in [1.82, 2.24) is 14.6 Å². The summed E-state index contributed by atoms with van der Waals surface area (Å²) in [4.78, 5) is 34.5. The molecule has 3 aliphatic heterocycles. The molecule has 2 saturated heterocycles. The molecule has 6 atom stereocenters. The predicted octanol–water partition coefficient (Wildman–Crippen LogP) is 3.49. The van der Waals surface area contributed by atoms with Crippen molar-refractivity contribution in [1.29, 1.82) is 0 Å². The van der Waals surface area contributed by atoms with Crippen molar-refractivity contribution in [3.05, 3.63) is 89.7 Å². The van der Waals surface area contributed by atoms with Crippen molar-refractivity contribution >= 4 is 33.9 Å². The third-order valence-electron chi connectivity index (χ3n) is 9.08. The first-order chi connectivity index (χ1) is 24.1. The van der Waals surface area contributed by atoms with Crippen LogP contribution in [0.25, 0.3) is 0 Å². The Morgan fingerprint density at radius 3 is 2.66 bits per heavy atom. The summed E-state index contributed by atoms with van der Waals surface area (Å²) < 4.78 is 46.6. The van der Waals surface area contributed by atoms with Crippen LogP contribution in [0.15, 0.2) is 82.9 Å². The van der Waals surface area contributed by atoms with Crippen molar-refractivity contribution in [2.75, 3.05) is 31.6 Å². The second kappa shape index (κ2) is 15.8. The van der Waals surface area contributed by atoms with Crippen LogP contribution < -0.4 is 10.6 Å². The molecule has 3 aliphatic rings. The van der Waals surface area contributed by atoms with Crippen LogP contribution in [-0.4, -0.2) is 91.9 Å². The van der Waals surface area contributed by atoms with Gasteiger partial charge in [0, 0.05) is 37.4 Å². The van der Waals surface area contributed by atoms with Crippen LogP contribution in [0.3, 0.4) is 0 Å². The van der Waals surface area contributed by atoms with Gasteiger partial charge in [0.25, 0.3) is 0 Å². The highest BCUT2D eigenvalue weighted by Crippen LogP contribution is 2.35. The number of anilines is 1. The number of nitrogens with zero attached hydrogens (tertiary/aromatic N) is 3. The number of aliphatic hydroxyl groups excluding tert-OH is 1. The Balaban J connectivity index is 1.20. The Labute approximate surface area is 292 Å². The predicted molar refractivity (Wildman–Crippen MR) is 185 cm³/mol. The largest absolute Gasteiger partial charge is 0.443 e. The molecule has 2 aromatic carbocycles. The molecule has 2 amide bonds. The van der Waals surface area contributed by atoms with E-state index in [0.717, 1.165) is 11.1 Å². The van der Waals surface area contributed by atoms with Gasteiger partial charge in [0.15, 0.2) is 6.29 Å². The molecule has 1 aromatic heterocycles. The van der Waals surface area contributed by atoms with Gasteiger partial charge in [-0.15, -0.1) is 0 Å². The molecular formula is C36H43N5O8S. The number of amides is 2. The van der Waals surface area contributed by atoms with Crippen LogP contribution in [0.5, 0.6) is 0 Å². The normalized spacial score (nSPS) is 22.8. The molecule has 4 heterocycles. The van der Waals surface area contributed by atoms with Crippen LogP contribution in [-0.2, 0) is 42.0 Å². The van der Waals surface area contributed by atoms with E-state index < -0.39 is 46.6 Å². The second-order valence-corrected chi connectivity index (χ2v) is 15.2. The molecule has 13 nitrogen and oxygen atoms in total. The van der Waals surface area contributed by atoms with Gasteiger partial charge in [-0.1, -0.05) is 44.2 Å². The third kappa shape index (κ3) is 8.38. The van der Waals surface area contributed by atoms with E-state index in [4.69, 9.17) is 14.2 Å². The van der Waals surface area contributed by atoms with E-state index >= 15 is 0 Å². The summed E-state index contributed by atoms with van der Waals surface area (Å²) in [5.74, 6) is -1.22. The fraction of sp³-hybridized carbons (Fsp3) is 0.444. The zero-order chi connectivity index (χ0) is 35.3. The summed E-state index contributed by atoms with van der Waals surface area (Å²) >= 11 is 0. The number of aromatic nitrogens is 1. The van der Waals surface area contributed by atoms with Crippen molar-refractivity contribution in [3.8, 4) is 0 Å². The lowest BCUT2D eigenvalue weighted by Crippen LogP contribution is -2.51. The Hall–Kier alpha value is -4.21. The molecule has 0 spiro atoms. The highest BCUT2D eigenvalue weighted by atomic mass is 32.2. The first kappa shape index (κ1) is 35.6. The van der Waals surface area contributed by atoms with E-state index in [1.165, 1.54) is 22.7 Å². The second-order valence-electron chi connectivity index (χ2n) is 13.3. The number of carbonyl (C=O) groups is 2. The highest BCUT2D eigenvalue weighted by molar-refractivity contribution is 7.89. The highest BCUT2D eigenvalue weighted by Gasteiger charge is 2.44. The number of aliphatic imine (C=N–C) groups is 1. The van der Waals surface area contributed by atoms with E-state index in [1.54, 1.807) is 18.5 Å². The maximum absolute atomic E-state index is 14.3. The summed E-state index contributed by atoms with van der Waals surface area (Å²) in [5.41, 5.74) is 2.78. The van der Waals surface area contributed by atoms with Crippen LogP contribution in [0.1, 0.15) is 42.9 Å². The average Bonchev–Trinajstić information content (AvgIpc) is 3.80. The van der Waals surface area contributed by atoms with E-state index in [0.29, 0.717) is 30.8 Å². The van der Waals surface area contributed by atoms with Crippen molar-refractivity contribution in [2.24, 2.45) is 16.8 Å². The van der Waals surface area contributed by atoms with Gasteiger partial charge >= 0.3 is 6.09 Å². The number of rotatable bonds is 14. The first-order valence-corrected chi connectivity index (χ1v) is 18.3. The zero-order valence-electron chi connectivity index (χ0n) is 28.1. The minimum atomic E-state index is -4.17. The Kier molecular flexibility index (Phi) is 11.2. The van der Waals surface area contributed by atoms with E-state index in [2.05, 4.69) is 20.6 Å². The lowest BCUT2D eigenvalue weighted by atomic mass is 10.0. The molecule has 0 bridgehead atoms. The number of alkyl carbamates (subject to hydrolysis) is 1. The number of carbonyl (C=O) groups excluding carboxylic acids is 2. The summed E-state index contributed by atoms with van der Waals surface area (Å²) in [5, 5.41) is 17.3. The fourth-order valence-electron chi connectivity index (χ4n) is 6.51. The molecular weight excluding hydrogens is 662 g/mol. The quantitative estimate of drug-likeness (QED) is 0.213. The number of benzene rings is 2. The molecule has 0 radical (unpaired) electrons.